The lowest BCUT2D eigenvalue weighted by molar-refractivity contribution is -0.110. The van der Waals surface area contributed by atoms with E-state index < -0.39 is 6.16 Å². The number of ether oxygens (including phenoxy) is 2. The van der Waals surface area contributed by atoms with Crippen LogP contribution in [0.4, 0.5) is 10.5 Å². The van der Waals surface area contributed by atoms with Gasteiger partial charge in [-0.1, -0.05) is 23.8 Å². The number of carbonyl (C=O) groups is 2. The molecule has 0 radical (unpaired) electrons. The number of halogens is 3. The summed E-state index contributed by atoms with van der Waals surface area (Å²) in [6.07, 6.45) is 5.38. The molecule has 5 nitrogen and oxygen atoms in total. The van der Waals surface area contributed by atoms with Gasteiger partial charge in [-0.2, -0.15) is 0 Å². The Kier molecular flexibility index (Phi) is 7.16. The van der Waals surface area contributed by atoms with Gasteiger partial charge in [0.2, 0.25) is 0 Å². The summed E-state index contributed by atoms with van der Waals surface area (Å²) in [7, 11) is 0. The van der Waals surface area contributed by atoms with Crippen LogP contribution in [0.15, 0.2) is 57.5 Å². The minimum absolute atomic E-state index is 0.155. The van der Waals surface area contributed by atoms with Crippen molar-refractivity contribution in [2.45, 2.75) is 13.3 Å². The van der Waals surface area contributed by atoms with Crippen molar-refractivity contribution in [3.63, 3.8) is 0 Å². The Morgan fingerprint density at radius 2 is 1.93 bits per heavy atom. The van der Waals surface area contributed by atoms with Gasteiger partial charge >= 0.3 is 6.16 Å². The van der Waals surface area contributed by atoms with Crippen LogP contribution in [0.2, 0.25) is 5.02 Å². The Balaban J connectivity index is 1.71. The molecule has 1 aliphatic rings. The second-order valence-corrected chi connectivity index (χ2v) is 8.18. The average molecular weight is 542 g/mol. The quantitative estimate of drug-likeness (QED) is 0.265. The van der Waals surface area contributed by atoms with Gasteiger partial charge in [0, 0.05) is 21.8 Å². The Labute approximate surface area is 190 Å². The number of benzene rings is 2. The first-order valence-corrected chi connectivity index (χ1v) is 10.7. The second-order valence-electron chi connectivity index (χ2n) is 6.03. The summed E-state index contributed by atoms with van der Waals surface area (Å²) in [5, 5.41) is 3.39. The zero-order chi connectivity index (χ0) is 21.0. The molecule has 0 fully saturated rings. The van der Waals surface area contributed by atoms with Crippen LogP contribution in [-0.2, 0) is 16.0 Å². The number of fused-ring (bicyclic) bond motifs is 1. The van der Waals surface area contributed by atoms with Gasteiger partial charge in [-0.05, 0) is 87.2 Å². The van der Waals surface area contributed by atoms with Crippen LogP contribution in [0.3, 0.4) is 0 Å². The van der Waals surface area contributed by atoms with Crippen molar-refractivity contribution in [2.24, 2.45) is 0 Å². The van der Waals surface area contributed by atoms with Crippen LogP contribution in [0.25, 0.3) is 5.57 Å². The molecule has 1 heterocycles. The Hall–Kier alpha value is -2.09. The third-order valence-corrected chi connectivity index (χ3v) is 5.44. The molecule has 3 rings (SSSR count). The second kappa shape index (κ2) is 9.61. The number of rotatable bonds is 5. The first-order valence-electron chi connectivity index (χ1n) is 8.69. The number of anilines is 1. The molecule has 2 aromatic carbocycles. The molecule has 1 aliphatic heterocycles. The lowest BCUT2D eigenvalue weighted by atomic mass is 10.1. The zero-order valence-corrected chi connectivity index (χ0v) is 19.2. The molecule has 0 saturated carbocycles. The molecule has 29 heavy (non-hydrogen) atoms. The van der Waals surface area contributed by atoms with E-state index >= 15 is 0 Å². The minimum Gasteiger partial charge on any atom is -0.434 e. The highest BCUT2D eigenvalue weighted by Gasteiger charge is 2.23. The molecule has 1 N–H and O–H groups in total. The molecule has 8 heteroatoms. The average Bonchev–Trinajstić information content (AvgIpc) is 2.97. The minimum atomic E-state index is -0.761. The zero-order valence-electron chi connectivity index (χ0n) is 15.3. The van der Waals surface area contributed by atoms with E-state index in [1.807, 2.05) is 24.3 Å². The van der Waals surface area contributed by atoms with Crippen molar-refractivity contribution in [3.05, 3.63) is 73.7 Å². The molecule has 0 aliphatic carbocycles. The van der Waals surface area contributed by atoms with Crippen molar-refractivity contribution < 1.29 is 19.1 Å². The van der Waals surface area contributed by atoms with Crippen LogP contribution in [-0.4, -0.2) is 18.7 Å². The summed E-state index contributed by atoms with van der Waals surface area (Å²) in [6, 6.07) is 9.01. The van der Waals surface area contributed by atoms with Crippen molar-refractivity contribution in [1.82, 2.24) is 0 Å². The summed E-state index contributed by atoms with van der Waals surface area (Å²) in [4.78, 5) is 23.7. The van der Waals surface area contributed by atoms with Crippen LogP contribution >= 0.6 is 43.5 Å². The standard InChI is InChI=1S/C21H16Br2ClNO4/c1-2-28-21(27)29-19-16(22)9-12(10-17(19)23)5-3-4-6-14-15-11-13(24)7-8-18(15)25-20(14)26/h3-4,6-11H,2,5H2,1H3,(H,25,26)/b4-3+,14-6-. The lowest BCUT2D eigenvalue weighted by Crippen LogP contribution is -2.10. The van der Waals surface area contributed by atoms with E-state index in [2.05, 4.69) is 37.2 Å². The number of carbonyl (C=O) groups excluding carboxylic acids is 2. The topological polar surface area (TPSA) is 64.6 Å². The molecule has 0 atom stereocenters. The maximum atomic E-state index is 12.1. The number of allylic oxidation sites excluding steroid dienone is 3. The van der Waals surface area contributed by atoms with E-state index in [9.17, 15) is 9.59 Å². The van der Waals surface area contributed by atoms with Crippen LogP contribution < -0.4 is 10.1 Å². The number of hydrogen-bond acceptors (Lipinski definition) is 4. The van der Waals surface area contributed by atoms with Gasteiger partial charge in [0.1, 0.15) is 0 Å². The molecular formula is C21H16Br2ClNO4. The summed E-state index contributed by atoms with van der Waals surface area (Å²) in [5.41, 5.74) is 3.09. The maximum absolute atomic E-state index is 12.1. The third kappa shape index (κ3) is 5.29. The predicted molar refractivity (Wildman–Crippen MR) is 120 cm³/mol. The molecule has 0 unspecified atom stereocenters. The predicted octanol–water partition coefficient (Wildman–Crippen LogP) is 6.53. The summed E-state index contributed by atoms with van der Waals surface area (Å²) in [5.74, 6) is 0.201. The Bertz CT molecular complexity index is 1010. The fourth-order valence-electron chi connectivity index (χ4n) is 2.75. The molecule has 0 saturated heterocycles. The monoisotopic (exact) mass is 539 g/mol. The fraction of sp³-hybridized carbons (Fsp3) is 0.143. The normalized spacial score (nSPS) is 14.2. The first-order chi connectivity index (χ1) is 13.9. The van der Waals surface area contributed by atoms with E-state index in [0.717, 1.165) is 16.8 Å². The largest absolute Gasteiger partial charge is 0.513 e. The van der Waals surface area contributed by atoms with Crippen molar-refractivity contribution in [2.75, 3.05) is 11.9 Å². The van der Waals surface area contributed by atoms with Crippen LogP contribution in [0.5, 0.6) is 5.75 Å². The molecule has 1 amide bonds. The molecular weight excluding hydrogens is 525 g/mol. The van der Waals surface area contributed by atoms with E-state index in [0.29, 0.717) is 31.7 Å². The third-order valence-electron chi connectivity index (χ3n) is 4.02. The number of nitrogens with one attached hydrogen (secondary N) is 1. The first kappa shape index (κ1) is 21.6. The van der Waals surface area contributed by atoms with Gasteiger partial charge in [0.25, 0.3) is 5.91 Å². The molecule has 0 spiro atoms. The van der Waals surface area contributed by atoms with Gasteiger partial charge in [-0.3, -0.25) is 4.79 Å². The highest BCUT2D eigenvalue weighted by Crippen LogP contribution is 2.36. The van der Waals surface area contributed by atoms with E-state index in [-0.39, 0.29) is 12.5 Å². The van der Waals surface area contributed by atoms with Gasteiger partial charge in [0.05, 0.1) is 15.6 Å². The molecule has 0 bridgehead atoms. The van der Waals surface area contributed by atoms with Gasteiger partial charge in [0.15, 0.2) is 5.75 Å². The Morgan fingerprint density at radius 3 is 2.62 bits per heavy atom. The van der Waals surface area contributed by atoms with Crippen molar-refractivity contribution >= 4 is 66.8 Å². The Morgan fingerprint density at radius 1 is 1.21 bits per heavy atom. The highest BCUT2D eigenvalue weighted by atomic mass is 79.9. The number of hydrogen-bond donors (Lipinski definition) is 1. The summed E-state index contributed by atoms with van der Waals surface area (Å²) < 4.78 is 11.2. The molecule has 0 aromatic heterocycles. The molecule has 2 aromatic rings. The summed E-state index contributed by atoms with van der Waals surface area (Å²) >= 11 is 12.9. The van der Waals surface area contributed by atoms with Crippen molar-refractivity contribution in [1.29, 1.82) is 0 Å². The number of amides is 1. The smallest absolute Gasteiger partial charge is 0.434 e. The maximum Gasteiger partial charge on any atom is 0.513 e. The summed E-state index contributed by atoms with van der Waals surface area (Å²) in [6.45, 7) is 1.94. The molecule has 150 valence electrons. The van der Waals surface area contributed by atoms with Crippen LogP contribution in [0, 0.1) is 0 Å². The van der Waals surface area contributed by atoms with E-state index in [1.165, 1.54) is 0 Å². The highest BCUT2D eigenvalue weighted by molar-refractivity contribution is 9.11. The fourth-order valence-corrected chi connectivity index (χ4v) is 4.37. The van der Waals surface area contributed by atoms with Crippen molar-refractivity contribution in [3.8, 4) is 5.75 Å². The SMILES string of the molecule is CCOC(=O)Oc1c(Br)cc(C/C=C/C=C2\C(=O)Nc3ccc(Cl)cc32)cc1Br. The van der Waals surface area contributed by atoms with E-state index in [4.69, 9.17) is 21.1 Å². The van der Waals surface area contributed by atoms with Gasteiger partial charge in [-0.25, -0.2) is 4.79 Å². The van der Waals surface area contributed by atoms with Gasteiger partial charge < -0.3 is 14.8 Å². The van der Waals surface area contributed by atoms with E-state index in [1.54, 1.807) is 31.2 Å². The van der Waals surface area contributed by atoms with Crippen LogP contribution in [0.1, 0.15) is 18.1 Å². The lowest BCUT2D eigenvalue weighted by Gasteiger charge is -2.10. The van der Waals surface area contributed by atoms with Gasteiger partial charge in [-0.15, -0.1) is 0 Å².